The van der Waals surface area contributed by atoms with Crippen LogP contribution in [0.15, 0.2) is 12.3 Å². The van der Waals surface area contributed by atoms with Gasteiger partial charge < -0.3 is 11.5 Å². The summed E-state index contributed by atoms with van der Waals surface area (Å²) in [5.41, 5.74) is 11.6. The van der Waals surface area contributed by atoms with Crippen LogP contribution < -0.4 is 11.5 Å². The van der Waals surface area contributed by atoms with Gasteiger partial charge in [-0.05, 0) is 11.6 Å². The molecular weight excluding hydrogens is 222 g/mol. The molecule has 0 aromatic carbocycles. The number of nitrogens with two attached hydrogens (primary N) is 2. The molecule has 1 aromatic heterocycles. The molecule has 1 heterocycles. The van der Waals surface area contributed by atoms with Crippen molar-refractivity contribution < 1.29 is 4.79 Å². The van der Waals surface area contributed by atoms with Crippen LogP contribution in [-0.2, 0) is 5.33 Å². The van der Waals surface area contributed by atoms with Gasteiger partial charge in [-0.25, -0.2) is 4.98 Å². The average molecular weight is 230 g/mol. The molecule has 12 heavy (non-hydrogen) atoms. The number of anilines is 1. The van der Waals surface area contributed by atoms with Gasteiger partial charge in [-0.3, -0.25) is 4.79 Å². The molecule has 0 saturated carbocycles. The van der Waals surface area contributed by atoms with E-state index < -0.39 is 5.91 Å². The number of nitrogens with zero attached hydrogens (tertiary/aromatic N) is 1. The number of hydrogen-bond donors (Lipinski definition) is 2. The first-order valence-electron chi connectivity index (χ1n) is 3.25. The Balaban J connectivity index is 3.17. The number of amides is 1. The zero-order chi connectivity index (χ0) is 9.14. The molecule has 0 fully saturated rings. The van der Waals surface area contributed by atoms with Gasteiger partial charge in [-0.2, -0.15) is 0 Å². The lowest BCUT2D eigenvalue weighted by Gasteiger charge is -2.01. The van der Waals surface area contributed by atoms with Crippen molar-refractivity contribution in [1.29, 1.82) is 0 Å². The normalized spacial score (nSPS) is 9.75. The summed E-state index contributed by atoms with van der Waals surface area (Å²) in [4.78, 5) is 14.6. The Morgan fingerprint density at radius 2 is 2.33 bits per heavy atom. The molecule has 0 aliphatic carbocycles. The molecule has 5 heteroatoms. The molecule has 0 unspecified atom stereocenters. The summed E-state index contributed by atoms with van der Waals surface area (Å²) < 4.78 is 0. The maximum Gasteiger partial charge on any atom is 0.252 e. The second-order valence-electron chi connectivity index (χ2n) is 2.27. The van der Waals surface area contributed by atoms with Gasteiger partial charge >= 0.3 is 0 Å². The van der Waals surface area contributed by atoms with Crippen LogP contribution in [0.3, 0.4) is 0 Å². The molecule has 4 N–H and O–H groups in total. The van der Waals surface area contributed by atoms with Crippen molar-refractivity contribution in [1.82, 2.24) is 4.98 Å². The lowest BCUT2D eigenvalue weighted by molar-refractivity contribution is 0.100. The van der Waals surface area contributed by atoms with Gasteiger partial charge in [-0.15, -0.1) is 0 Å². The van der Waals surface area contributed by atoms with Crippen LogP contribution in [0.25, 0.3) is 0 Å². The molecule has 64 valence electrons. The predicted octanol–water partition coefficient (Wildman–Crippen LogP) is 0.658. The smallest absolute Gasteiger partial charge is 0.252 e. The Hall–Kier alpha value is -1.10. The van der Waals surface area contributed by atoms with Crippen LogP contribution in [0.2, 0.25) is 0 Å². The van der Waals surface area contributed by atoms with E-state index in [9.17, 15) is 4.79 Å². The number of alkyl halides is 1. The third-order valence-electron chi connectivity index (χ3n) is 1.39. The van der Waals surface area contributed by atoms with Gasteiger partial charge in [0.05, 0.1) is 5.56 Å². The van der Waals surface area contributed by atoms with E-state index in [1.807, 2.05) is 0 Å². The minimum Gasteiger partial charge on any atom is -0.383 e. The van der Waals surface area contributed by atoms with Gasteiger partial charge in [0.1, 0.15) is 5.82 Å². The van der Waals surface area contributed by atoms with Crippen molar-refractivity contribution in [2.24, 2.45) is 5.73 Å². The first kappa shape index (κ1) is 8.99. The van der Waals surface area contributed by atoms with E-state index in [4.69, 9.17) is 11.5 Å². The van der Waals surface area contributed by atoms with E-state index in [1.165, 1.54) is 0 Å². The van der Waals surface area contributed by atoms with Crippen LogP contribution in [0, 0.1) is 0 Å². The fourth-order valence-electron chi connectivity index (χ4n) is 0.789. The number of pyridine rings is 1. The van der Waals surface area contributed by atoms with E-state index in [0.29, 0.717) is 5.33 Å². The number of primary amides is 1. The topological polar surface area (TPSA) is 82.0 Å². The highest BCUT2D eigenvalue weighted by Crippen LogP contribution is 2.11. The molecule has 0 aliphatic heterocycles. The summed E-state index contributed by atoms with van der Waals surface area (Å²) in [6.45, 7) is 0. The SMILES string of the molecule is NC(=O)c1cc(CBr)cnc1N. The Morgan fingerprint density at radius 1 is 1.67 bits per heavy atom. The van der Waals surface area contributed by atoms with Crippen molar-refractivity contribution in [3.05, 3.63) is 23.4 Å². The van der Waals surface area contributed by atoms with Crippen LogP contribution in [0.1, 0.15) is 15.9 Å². The molecule has 0 bridgehead atoms. The molecule has 0 spiro atoms. The third kappa shape index (κ3) is 1.73. The maximum atomic E-state index is 10.8. The number of hydrogen-bond acceptors (Lipinski definition) is 3. The van der Waals surface area contributed by atoms with E-state index in [-0.39, 0.29) is 11.4 Å². The van der Waals surface area contributed by atoms with E-state index in [1.54, 1.807) is 12.3 Å². The van der Waals surface area contributed by atoms with Crippen molar-refractivity contribution in [3.8, 4) is 0 Å². The van der Waals surface area contributed by atoms with E-state index >= 15 is 0 Å². The second-order valence-corrected chi connectivity index (χ2v) is 2.83. The highest BCUT2D eigenvalue weighted by atomic mass is 79.9. The highest BCUT2D eigenvalue weighted by molar-refractivity contribution is 9.08. The minimum absolute atomic E-state index is 0.173. The van der Waals surface area contributed by atoms with Crippen molar-refractivity contribution in [2.75, 3.05) is 5.73 Å². The van der Waals surface area contributed by atoms with Gasteiger partial charge in [0.2, 0.25) is 0 Å². The fourth-order valence-corrected chi connectivity index (χ4v) is 1.10. The van der Waals surface area contributed by atoms with E-state index in [0.717, 1.165) is 5.56 Å². The molecule has 0 atom stereocenters. The van der Waals surface area contributed by atoms with E-state index in [2.05, 4.69) is 20.9 Å². The second kappa shape index (κ2) is 3.53. The van der Waals surface area contributed by atoms with Gasteiger partial charge in [0, 0.05) is 11.5 Å². The number of carbonyl (C=O) groups excluding carboxylic acids is 1. The molecule has 1 rings (SSSR count). The Bertz CT molecular complexity index is 314. The highest BCUT2D eigenvalue weighted by Gasteiger charge is 2.06. The molecule has 1 aromatic rings. The standard InChI is InChI=1S/C7H8BrN3O/c8-2-4-1-5(7(10)12)6(9)11-3-4/h1,3H,2H2,(H2,9,11)(H2,10,12). The number of nitrogen functional groups attached to an aromatic ring is 1. The maximum absolute atomic E-state index is 10.8. The van der Waals surface area contributed by atoms with Crippen molar-refractivity contribution in [3.63, 3.8) is 0 Å². The molecule has 1 amide bonds. The van der Waals surface area contributed by atoms with Crippen LogP contribution >= 0.6 is 15.9 Å². The zero-order valence-electron chi connectivity index (χ0n) is 6.25. The largest absolute Gasteiger partial charge is 0.383 e. The summed E-state index contributed by atoms with van der Waals surface area (Å²) in [6, 6.07) is 1.62. The van der Waals surface area contributed by atoms with Crippen LogP contribution in [-0.4, -0.2) is 10.9 Å². The summed E-state index contributed by atoms with van der Waals surface area (Å²) in [5.74, 6) is -0.380. The number of rotatable bonds is 2. The van der Waals surface area contributed by atoms with Crippen LogP contribution in [0.5, 0.6) is 0 Å². The molecule has 0 aliphatic rings. The third-order valence-corrected chi connectivity index (χ3v) is 2.04. The molecule has 0 radical (unpaired) electrons. The lowest BCUT2D eigenvalue weighted by atomic mass is 10.2. The number of aromatic nitrogens is 1. The van der Waals surface area contributed by atoms with Gasteiger partial charge in [0.15, 0.2) is 0 Å². The van der Waals surface area contributed by atoms with Crippen molar-refractivity contribution in [2.45, 2.75) is 5.33 Å². The lowest BCUT2D eigenvalue weighted by Crippen LogP contribution is -2.14. The Morgan fingerprint density at radius 3 is 2.83 bits per heavy atom. The first-order valence-corrected chi connectivity index (χ1v) is 4.37. The number of halogens is 1. The molecule has 4 nitrogen and oxygen atoms in total. The fraction of sp³-hybridized carbons (Fsp3) is 0.143. The monoisotopic (exact) mass is 229 g/mol. The van der Waals surface area contributed by atoms with Crippen molar-refractivity contribution >= 4 is 27.7 Å². The summed E-state index contributed by atoms with van der Waals surface area (Å²) in [7, 11) is 0. The summed E-state index contributed by atoms with van der Waals surface area (Å²) >= 11 is 3.23. The quantitative estimate of drug-likeness (QED) is 0.732. The van der Waals surface area contributed by atoms with Gasteiger partial charge in [0.25, 0.3) is 5.91 Å². The molecule has 0 saturated heterocycles. The minimum atomic E-state index is -0.553. The summed E-state index contributed by atoms with van der Waals surface area (Å²) in [6.07, 6.45) is 1.59. The Labute approximate surface area is 78.1 Å². The average Bonchev–Trinajstić information content (AvgIpc) is 2.05. The number of carbonyl (C=O) groups is 1. The van der Waals surface area contributed by atoms with Gasteiger partial charge in [-0.1, -0.05) is 15.9 Å². The predicted molar refractivity (Wildman–Crippen MR) is 49.8 cm³/mol. The Kier molecular flexibility index (Phi) is 2.65. The zero-order valence-corrected chi connectivity index (χ0v) is 7.84. The molecular formula is C7H8BrN3O. The summed E-state index contributed by atoms with van der Waals surface area (Å²) in [5, 5.41) is 0.626. The first-order chi connectivity index (χ1) is 5.65. The van der Waals surface area contributed by atoms with Crippen LogP contribution in [0.4, 0.5) is 5.82 Å².